The molecule has 0 bridgehead atoms. The summed E-state index contributed by atoms with van der Waals surface area (Å²) in [6.45, 7) is 1.53. The summed E-state index contributed by atoms with van der Waals surface area (Å²) in [6.07, 6.45) is -0.0152. The van der Waals surface area contributed by atoms with Crippen LogP contribution < -0.4 is 0 Å². The predicted octanol–water partition coefficient (Wildman–Crippen LogP) is 3.97. The summed E-state index contributed by atoms with van der Waals surface area (Å²) in [4.78, 5) is -0.0790. The Morgan fingerprint density at radius 2 is 1.06 bits per heavy atom. The number of benzene rings is 3. The maximum absolute atomic E-state index is 12.4. The standard InChI is InChI=1S/C22H20N2O6S2/c1-18(23-29-31(25,26)20-13-7-3-8-14-20)17-22(19-11-5-2-6-12-19)24-30-32(27,28)21-15-9-4-10-16-21/h2-16H,17H2,1H3. The molecule has 10 heteroatoms. The summed E-state index contributed by atoms with van der Waals surface area (Å²) in [5.74, 6) is 0. The third kappa shape index (κ3) is 6.25. The zero-order chi connectivity index (χ0) is 23.0. The van der Waals surface area contributed by atoms with Gasteiger partial charge in [-0.3, -0.25) is 8.57 Å². The van der Waals surface area contributed by atoms with Crippen LogP contribution in [-0.2, 0) is 28.8 Å². The molecule has 8 nitrogen and oxygen atoms in total. The third-order valence-electron chi connectivity index (χ3n) is 4.13. The Morgan fingerprint density at radius 3 is 1.53 bits per heavy atom. The first kappa shape index (κ1) is 23.2. The second-order valence-corrected chi connectivity index (χ2v) is 9.65. The molecule has 0 radical (unpaired) electrons. The number of hydrogen-bond donors (Lipinski definition) is 0. The molecule has 0 unspecified atom stereocenters. The van der Waals surface area contributed by atoms with Gasteiger partial charge in [-0.05, 0) is 36.8 Å². The van der Waals surface area contributed by atoms with Crippen LogP contribution in [0.25, 0.3) is 0 Å². The van der Waals surface area contributed by atoms with E-state index in [2.05, 4.69) is 10.3 Å². The SMILES string of the molecule is CC(CC(=NOS(=O)(=O)c1ccccc1)c1ccccc1)=NOS(=O)(=O)c1ccccc1. The first-order valence-corrected chi connectivity index (χ1v) is 12.2. The molecule has 0 aliphatic rings. The molecule has 0 saturated heterocycles. The lowest BCUT2D eigenvalue weighted by molar-refractivity contribution is 0.336. The highest BCUT2D eigenvalue weighted by Crippen LogP contribution is 2.15. The van der Waals surface area contributed by atoms with Crippen molar-refractivity contribution in [3.8, 4) is 0 Å². The highest BCUT2D eigenvalue weighted by molar-refractivity contribution is 7.87. The first-order valence-electron chi connectivity index (χ1n) is 9.41. The van der Waals surface area contributed by atoms with Crippen molar-refractivity contribution in [1.29, 1.82) is 0 Å². The fraction of sp³-hybridized carbons (Fsp3) is 0.0909. The minimum absolute atomic E-state index is 0.0152. The van der Waals surface area contributed by atoms with Crippen LogP contribution in [0.1, 0.15) is 18.9 Å². The van der Waals surface area contributed by atoms with Gasteiger partial charge in [0.2, 0.25) is 0 Å². The first-order chi connectivity index (χ1) is 15.3. The van der Waals surface area contributed by atoms with Crippen LogP contribution in [0.5, 0.6) is 0 Å². The summed E-state index contributed by atoms with van der Waals surface area (Å²) in [5.41, 5.74) is 1.05. The van der Waals surface area contributed by atoms with E-state index in [1.165, 1.54) is 31.2 Å². The van der Waals surface area contributed by atoms with Gasteiger partial charge in [-0.25, -0.2) is 0 Å². The topological polar surface area (TPSA) is 111 Å². The van der Waals surface area contributed by atoms with Gasteiger partial charge in [-0.1, -0.05) is 77.0 Å². The number of rotatable bonds is 9. The van der Waals surface area contributed by atoms with E-state index >= 15 is 0 Å². The molecule has 0 atom stereocenters. The molecule has 166 valence electrons. The molecular weight excluding hydrogens is 452 g/mol. The number of oxime groups is 2. The van der Waals surface area contributed by atoms with Crippen LogP contribution in [0.4, 0.5) is 0 Å². The molecule has 3 aromatic carbocycles. The van der Waals surface area contributed by atoms with Gasteiger partial charge in [-0.15, -0.1) is 0 Å². The van der Waals surface area contributed by atoms with Gasteiger partial charge in [-0.2, -0.15) is 16.8 Å². The lowest BCUT2D eigenvalue weighted by Gasteiger charge is -2.08. The van der Waals surface area contributed by atoms with Crippen LogP contribution in [-0.4, -0.2) is 28.3 Å². The Kier molecular flexibility index (Phi) is 7.39. The fourth-order valence-electron chi connectivity index (χ4n) is 2.56. The Morgan fingerprint density at radius 1 is 0.656 bits per heavy atom. The van der Waals surface area contributed by atoms with Gasteiger partial charge in [0.15, 0.2) is 0 Å². The van der Waals surface area contributed by atoms with E-state index in [0.29, 0.717) is 5.56 Å². The second kappa shape index (κ2) is 10.2. The summed E-state index contributed by atoms with van der Waals surface area (Å²) in [7, 11) is -8.21. The lowest BCUT2D eigenvalue weighted by Crippen LogP contribution is -2.11. The average Bonchev–Trinajstić information content (AvgIpc) is 2.82. The Labute approximate surface area is 187 Å². The van der Waals surface area contributed by atoms with Crippen molar-refractivity contribution in [3.05, 3.63) is 96.6 Å². The van der Waals surface area contributed by atoms with Gasteiger partial charge in [0.05, 0.1) is 11.4 Å². The minimum atomic E-state index is -4.13. The molecular formula is C22H20N2O6S2. The summed E-state index contributed by atoms with van der Waals surface area (Å²) in [5, 5.41) is 7.51. The number of hydrogen-bond acceptors (Lipinski definition) is 8. The Balaban J connectivity index is 1.82. The number of nitrogens with zero attached hydrogens (tertiary/aromatic N) is 2. The van der Waals surface area contributed by atoms with E-state index < -0.39 is 20.2 Å². The van der Waals surface area contributed by atoms with Crippen molar-refractivity contribution in [2.24, 2.45) is 10.3 Å². The zero-order valence-electron chi connectivity index (χ0n) is 17.0. The Hall–Kier alpha value is -3.50. The zero-order valence-corrected chi connectivity index (χ0v) is 18.7. The molecule has 0 amide bonds. The molecule has 3 rings (SSSR count). The Bertz CT molecular complexity index is 1310. The summed E-state index contributed by atoms with van der Waals surface area (Å²) >= 11 is 0. The van der Waals surface area contributed by atoms with Crippen molar-refractivity contribution in [1.82, 2.24) is 0 Å². The van der Waals surface area contributed by atoms with E-state index in [1.54, 1.807) is 66.7 Å². The molecule has 0 heterocycles. The van der Waals surface area contributed by atoms with Crippen LogP contribution in [0.3, 0.4) is 0 Å². The molecule has 0 fully saturated rings. The molecule has 0 aliphatic heterocycles. The normalized spacial score (nSPS) is 12.9. The van der Waals surface area contributed by atoms with Gasteiger partial charge < -0.3 is 0 Å². The van der Waals surface area contributed by atoms with Crippen LogP contribution >= 0.6 is 0 Å². The van der Waals surface area contributed by atoms with Crippen molar-refractivity contribution in [3.63, 3.8) is 0 Å². The largest absolute Gasteiger partial charge is 0.358 e. The molecule has 0 saturated carbocycles. The van der Waals surface area contributed by atoms with Gasteiger partial charge in [0.25, 0.3) is 0 Å². The predicted molar refractivity (Wildman–Crippen MR) is 120 cm³/mol. The monoisotopic (exact) mass is 472 g/mol. The van der Waals surface area contributed by atoms with Crippen LogP contribution in [0.15, 0.2) is 111 Å². The van der Waals surface area contributed by atoms with Crippen molar-refractivity contribution in [2.45, 2.75) is 23.1 Å². The lowest BCUT2D eigenvalue weighted by atomic mass is 10.1. The van der Waals surface area contributed by atoms with Crippen LogP contribution in [0.2, 0.25) is 0 Å². The third-order valence-corrected chi connectivity index (χ3v) is 6.37. The quantitative estimate of drug-likeness (QED) is 0.344. The van der Waals surface area contributed by atoms with E-state index in [0.717, 1.165) is 0 Å². The van der Waals surface area contributed by atoms with Gasteiger partial charge >= 0.3 is 20.2 Å². The smallest absolute Gasteiger partial charge is 0.265 e. The summed E-state index contributed by atoms with van der Waals surface area (Å²) < 4.78 is 59.0. The molecule has 0 spiro atoms. The maximum Gasteiger partial charge on any atom is 0.358 e. The van der Waals surface area contributed by atoms with E-state index in [4.69, 9.17) is 8.57 Å². The molecule has 0 aromatic heterocycles. The highest BCUT2D eigenvalue weighted by atomic mass is 32.2. The van der Waals surface area contributed by atoms with Gasteiger partial charge in [0.1, 0.15) is 9.79 Å². The maximum atomic E-state index is 12.4. The molecule has 3 aromatic rings. The van der Waals surface area contributed by atoms with E-state index in [9.17, 15) is 16.8 Å². The van der Waals surface area contributed by atoms with Crippen molar-refractivity contribution < 1.29 is 25.4 Å². The van der Waals surface area contributed by atoms with Gasteiger partial charge in [0, 0.05) is 6.42 Å². The van der Waals surface area contributed by atoms with Crippen molar-refractivity contribution >= 4 is 31.7 Å². The average molecular weight is 473 g/mol. The van der Waals surface area contributed by atoms with E-state index in [1.807, 2.05) is 0 Å². The summed E-state index contributed by atoms with van der Waals surface area (Å²) in [6, 6.07) is 23.9. The second-order valence-electron chi connectivity index (χ2n) is 6.59. The highest BCUT2D eigenvalue weighted by Gasteiger charge is 2.18. The van der Waals surface area contributed by atoms with Crippen LogP contribution in [0, 0.1) is 0 Å². The minimum Gasteiger partial charge on any atom is -0.265 e. The van der Waals surface area contributed by atoms with E-state index in [-0.39, 0.29) is 27.6 Å². The molecule has 0 aliphatic carbocycles. The molecule has 32 heavy (non-hydrogen) atoms. The van der Waals surface area contributed by atoms with Crippen molar-refractivity contribution in [2.75, 3.05) is 0 Å². The fourth-order valence-corrected chi connectivity index (χ4v) is 4.13. The molecule has 0 N–H and O–H groups in total.